The molecule has 0 fully saturated rings. The lowest BCUT2D eigenvalue weighted by Crippen LogP contribution is -2.54. The molecule has 32 heteroatoms. The van der Waals surface area contributed by atoms with Gasteiger partial charge in [-0.15, -0.1) is 0 Å². The third-order valence-electron chi connectivity index (χ3n) is 22.3. The Labute approximate surface area is 656 Å². The number of aliphatic carboxylic acids is 9. The van der Waals surface area contributed by atoms with Crippen LogP contribution in [-0.4, -0.2) is 192 Å². The van der Waals surface area contributed by atoms with Crippen molar-refractivity contribution < 1.29 is 127 Å². The molecule has 0 aromatic heterocycles. The van der Waals surface area contributed by atoms with Gasteiger partial charge < -0.3 is 67.2 Å². The van der Waals surface area contributed by atoms with Crippen LogP contribution in [0.15, 0.2) is 48.5 Å². The van der Waals surface area contributed by atoms with Crippen molar-refractivity contribution in [2.45, 2.75) is 273 Å². The molecule has 7 rings (SSSR count). The van der Waals surface area contributed by atoms with Crippen molar-refractivity contribution in [2.24, 2.45) is 0 Å². The van der Waals surface area contributed by atoms with Gasteiger partial charge in [0.25, 0.3) is 23.6 Å². The molecule has 0 unspecified atom stereocenters. The Balaban J connectivity index is 1.17. The first-order valence-corrected chi connectivity index (χ1v) is 39.2. The van der Waals surface area contributed by atoms with E-state index in [2.05, 4.69) is 28.2 Å². The average molecular weight is 1590 g/mol. The van der Waals surface area contributed by atoms with Gasteiger partial charge in [0, 0.05) is 152 Å². The largest absolute Gasteiger partial charge is 0.481 e. The van der Waals surface area contributed by atoms with E-state index in [0.717, 1.165) is 30.6 Å². The lowest BCUT2D eigenvalue weighted by Gasteiger charge is -2.39. The maximum atomic E-state index is 14.8. The summed E-state index contributed by atoms with van der Waals surface area (Å²) in [5.41, 5.74) is -6.14. The molecular formula is C82H104N6O26. The highest BCUT2D eigenvalue weighted by Gasteiger charge is 2.42. The van der Waals surface area contributed by atoms with Gasteiger partial charge in [-0.2, -0.15) is 0 Å². The average Bonchev–Trinajstić information content (AvgIpc) is 0.690. The van der Waals surface area contributed by atoms with Gasteiger partial charge in [-0.25, -0.2) is 0 Å². The number of carboxylic acids is 9. The van der Waals surface area contributed by atoms with Gasteiger partial charge in [0.05, 0.1) is 0 Å². The molecule has 0 aliphatic carbocycles. The van der Waals surface area contributed by atoms with Crippen molar-refractivity contribution in [1.82, 2.24) is 31.1 Å². The van der Waals surface area contributed by atoms with E-state index >= 15 is 0 Å². The molecule has 8 amide bonds. The van der Waals surface area contributed by atoms with E-state index in [1.165, 1.54) is 37.0 Å². The lowest BCUT2D eigenvalue weighted by molar-refractivity contribution is -0.141. The van der Waals surface area contributed by atoms with Gasteiger partial charge in [-0.1, -0.05) is 95.4 Å². The summed E-state index contributed by atoms with van der Waals surface area (Å²) in [6.45, 7) is 2.33. The molecule has 2 aliphatic rings. The molecule has 5 aromatic carbocycles. The zero-order chi connectivity index (χ0) is 83.7. The van der Waals surface area contributed by atoms with Crippen molar-refractivity contribution in [1.29, 1.82) is 0 Å². The summed E-state index contributed by atoms with van der Waals surface area (Å²) in [5.74, 6) is -18.3. The van der Waals surface area contributed by atoms with E-state index in [0.29, 0.717) is 60.6 Å². The number of imide groups is 2. The van der Waals surface area contributed by atoms with E-state index in [1.807, 2.05) is 12.1 Å². The first-order chi connectivity index (χ1) is 54.1. The second-order valence-electron chi connectivity index (χ2n) is 30.5. The highest BCUT2D eigenvalue weighted by molar-refractivity contribution is 6.41. The molecule has 0 saturated heterocycles. The molecule has 0 bridgehead atoms. The van der Waals surface area contributed by atoms with Gasteiger partial charge in [-0.3, -0.25) is 91.3 Å². The zero-order valence-electron chi connectivity index (χ0n) is 64.3. The molecule has 618 valence electrons. The molecule has 0 atom stereocenters. The summed E-state index contributed by atoms with van der Waals surface area (Å²) >= 11 is 0. The molecule has 114 heavy (non-hydrogen) atoms. The van der Waals surface area contributed by atoms with Crippen molar-refractivity contribution in [3.63, 3.8) is 0 Å². The second kappa shape index (κ2) is 41.5. The Morgan fingerprint density at radius 1 is 0.254 bits per heavy atom. The number of nitrogens with one attached hydrogen (secondary N) is 4. The van der Waals surface area contributed by atoms with E-state index in [-0.39, 0.29) is 61.7 Å². The summed E-state index contributed by atoms with van der Waals surface area (Å²) in [6.07, 6.45) is -3.64. The molecule has 13 N–H and O–H groups in total. The summed E-state index contributed by atoms with van der Waals surface area (Å²) in [5, 5.41) is 104. The van der Waals surface area contributed by atoms with Crippen molar-refractivity contribution in [2.75, 3.05) is 13.1 Å². The molecule has 5 aromatic rings. The summed E-state index contributed by atoms with van der Waals surface area (Å²) in [4.78, 5) is 227. The molecule has 32 nitrogen and oxygen atoms in total. The van der Waals surface area contributed by atoms with E-state index in [9.17, 15) is 127 Å². The number of carboxylic acid groups (broad SMARTS) is 9. The number of fused-ring (bicyclic) bond motifs is 2. The van der Waals surface area contributed by atoms with Gasteiger partial charge in [-0.05, 0) is 153 Å². The number of nitrogens with zero attached hydrogens (tertiary/aromatic N) is 2. The zero-order valence-corrected chi connectivity index (χ0v) is 64.3. The summed E-state index contributed by atoms with van der Waals surface area (Å²) in [6, 6.07) is 13.9. The maximum Gasteiger partial charge on any atom is 0.303 e. The van der Waals surface area contributed by atoms with E-state index in [4.69, 9.17) is 0 Å². The number of hydrogen-bond donors (Lipinski definition) is 13. The minimum Gasteiger partial charge on any atom is -0.481 e. The number of benzene rings is 5. The summed E-state index contributed by atoms with van der Waals surface area (Å²) < 4.78 is 0. The van der Waals surface area contributed by atoms with Crippen molar-refractivity contribution in [3.05, 3.63) is 70.8 Å². The SMILES string of the molecule is CCCCCCCCCCCCN1C(=O)c2ccc3c4ccc5c6c(ccc(c7ccc(c2c37)C1=O)c64)C(=O)N(CCCCCC(=O)NC(CCC(=O)NC(CCC(=O)O)(CCC(=O)O)CCC(=O)O)(CCC(=O)NC(CCC(=O)O)(CCC(=O)O)CCC(=O)O)CCC(=O)NC(CCC(=O)O)(CCC(=O)O)CCC(=O)O)C5=O. The van der Waals surface area contributed by atoms with Crippen LogP contribution in [0.3, 0.4) is 0 Å². The van der Waals surface area contributed by atoms with Gasteiger partial charge in [0.1, 0.15) is 0 Å². The first kappa shape index (κ1) is 90.0. The number of hydrogen-bond acceptors (Lipinski definition) is 17. The van der Waals surface area contributed by atoms with Crippen molar-refractivity contribution >= 4 is 144 Å². The number of carbonyl (C=O) groups excluding carboxylic acids is 8. The maximum absolute atomic E-state index is 14.8. The third kappa shape index (κ3) is 24.9. The van der Waals surface area contributed by atoms with E-state index < -0.39 is 265 Å². The fraction of sp³-hybridized carbons (Fsp3) is 0.549. The number of amides is 8. The van der Waals surface area contributed by atoms with Crippen LogP contribution in [-0.2, 0) is 62.3 Å². The van der Waals surface area contributed by atoms with Gasteiger partial charge in [0.15, 0.2) is 0 Å². The Morgan fingerprint density at radius 2 is 0.447 bits per heavy atom. The van der Waals surface area contributed by atoms with Crippen LogP contribution in [0.25, 0.3) is 43.1 Å². The fourth-order valence-corrected chi connectivity index (χ4v) is 16.1. The topological polar surface area (TPSA) is 527 Å². The van der Waals surface area contributed by atoms with Crippen LogP contribution < -0.4 is 21.3 Å². The minimum atomic E-state index is -1.98. The lowest BCUT2D eigenvalue weighted by atomic mass is 9.80. The Hall–Kier alpha value is -11.2. The van der Waals surface area contributed by atoms with Crippen LogP contribution in [0.1, 0.15) is 292 Å². The normalized spacial score (nSPS) is 13.1. The molecule has 0 saturated carbocycles. The Kier molecular flexibility index (Phi) is 32.8. The first-order valence-electron chi connectivity index (χ1n) is 39.2. The predicted octanol–water partition coefficient (Wildman–Crippen LogP) is 11.0. The van der Waals surface area contributed by atoms with Crippen molar-refractivity contribution in [3.8, 4) is 0 Å². The third-order valence-corrected chi connectivity index (χ3v) is 22.3. The molecule has 2 aliphatic heterocycles. The second-order valence-corrected chi connectivity index (χ2v) is 30.5. The molecular weight excluding hydrogens is 1480 g/mol. The van der Waals surface area contributed by atoms with E-state index in [1.54, 1.807) is 36.4 Å². The molecule has 2 heterocycles. The van der Waals surface area contributed by atoms with Crippen LogP contribution in [0.5, 0.6) is 0 Å². The monoisotopic (exact) mass is 1590 g/mol. The Morgan fingerprint density at radius 3 is 0.667 bits per heavy atom. The van der Waals surface area contributed by atoms with Crippen LogP contribution in [0, 0.1) is 0 Å². The quantitative estimate of drug-likeness (QED) is 0.00744. The predicted molar refractivity (Wildman–Crippen MR) is 412 cm³/mol. The highest BCUT2D eigenvalue weighted by Crippen LogP contribution is 2.47. The molecule has 0 spiro atoms. The smallest absolute Gasteiger partial charge is 0.303 e. The van der Waals surface area contributed by atoms with Gasteiger partial charge in [0.2, 0.25) is 23.6 Å². The number of unbranched alkanes of at least 4 members (excludes halogenated alkanes) is 11. The fourth-order valence-electron chi connectivity index (χ4n) is 16.1. The standard InChI is InChI=1S/C82H104N6O26/c1-2-3-4-5-6-7-8-9-10-13-48-87-75(111)54-20-16-50-52-18-22-56-74-57(23-19-53(72(52)74)51-17-21-55(76(87)112)73(54)71(50)51)78(114)88(77(56)113)49-14-11-12-15-58(89)83-79(36-24-59(90)84-80(39-27-62(93)94,40-28-63(95)96)41-29-64(97)98,37-25-60(91)85-81(42-30-65(99)100,43-31-66(101)102)44-32-67(103)104)38-26-61(92)86-82(45-33-68(105)106,46-34-69(107)108)47-35-70(109)110/h16-23H,2-15,24-49H2,1H3,(H,83,89)(H,84,90)(H,85,91)(H,86,92)(H,93,94)(H,95,96)(H,97,98)(H,99,100)(H,101,102)(H,103,104)(H,105,106)(H,107,108)(H,109,110). The molecule has 0 radical (unpaired) electrons. The Bertz CT molecular complexity index is 4020. The summed E-state index contributed by atoms with van der Waals surface area (Å²) in [7, 11) is 0. The number of rotatable bonds is 57. The van der Waals surface area contributed by atoms with Crippen LogP contribution >= 0.6 is 0 Å². The highest BCUT2D eigenvalue weighted by atomic mass is 16.4. The van der Waals surface area contributed by atoms with Crippen LogP contribution in [0.2, 0.25) is 0 Å². The van der Waals surface area contributed by atoms with Crippen LogP contribution in [0.4, 0.5) is 0 Å². The minimum absolute atomic E-state index is 0.0131. The van der Waals surface area contributed by atoms with Gasteiger partial charge >= 0.3 is 53.7 Å². The number of carbonyl (C=O) groups is 17.